The number of rotatable bonds is 6. The molecule has 0 spiro atoms. The second-order valence-corrected chi connectivity index (χ2v) is 9.87. The molecule has 8 nitrogen and oxygen atoms in total. The van der Waals surface area contributed by atoms with Crippen LogP contribution in [0.1, 0.15) is 17.7 Å². The van der Waals surface area contributed by atoms with E-state index in [1.165, 1.54) is 0 Å². The monoisotopic (exact) mass is 490 g/mol. The Hall–Kier alpha value is -4.17. The second kappa shape index (κ2) is 9.71. The lowest BCUT2D eigenvalue weighted by atomic mass is 10.1. The molecule has 1 aliphatic rings. The molecule has 0 aliphatic carbocycles. The zero-order chi connectivity index (χ0) is 25.4. The highest BCUT2D eigenvalue weighted by Gasteiger charge is 2.25. The molecule has 5 heterocycles. The van der Waals surface area contributed by atoms with Crippen molar-refractivity contribution in [3.8, 4) is 22.8 Å². The van der Waals surface area contributed by atoms with Gasteiger partial charge in [-0.3, -0.25) is 9.97 Å². The molecule has 4 aromatic heterocycles. The molecule has 1 saturated heterocycles. The Morgan fingerprint density at radius 2 is 1.78 bits per heavy atom. The summed E-state index contributed by atoms with van der Waals surface area (Å²) >= 11 is 0. The molecule has 0 unspecified atom stereocenters. The van der Waals surface area contributed by atoms with Gasteiger partial charge in [-0.1, -0.05) is 41.6 Å². The molecular formula is C29H30N8. The fourth-order valence-electron chi connectivity index (χ4n) is 4.98. The van der Waals surface area contributed by atoms with Gasteiger partial charge in [0.05, 0.1) is 40.9 Å². The first kappa shape index (κ1) is 23.2. The normalized spacial score (nSPS) is 15.7. The van der Waals surface area contributed by atoms with Crippen LogP contribution in [0, 0.1) is 6.92 Å². The number of anilines is 1. The zero-order valence-corrected chi connectivity index (χ0v) is 21.4. The molecule has 6 rings (SSSR count). The molecule has 1 fully saturated rings. The number of hydrogen-bond donors (Lipinski definition) is 0. The molecule has 8 heteroatoms. The summed E-state index contributed by atoms with van der Waals surface area (Å²) in [7, 11) is 4.29. The third kappa shape index (κ3) is 4.68. The first-order valence-corrected chi connectivity index (χ1v) is 12.6. The molecule has 1 aliphatic heterocycles. The van der Waals surface area contributed by atoms with Gasteiger partial charge >= 0.3 is 0 Å². The van der Waals surface area contributed by atoms with Gasteiger partial charge < -0.3 is 9.80 Å². The summed E-state index contributed by atoms with van der Waals surface area (Å²) in [6.07, 6.45) is 3.11. The average molecular weight is 491 g/mol. The predicted octanol–water partition coefficient (Wildman–Crippen LogP) is 4.45. The van der Waals surface area contributed by atoms with Crippen LogP contribution < -0.4 is 4.90 Å². The van der Waals surface area contributed by atoms with Crippen LogP contribution in [0.5, 0.6) is 0 Å². The maximum absolute atomic E-state index is 5.09. The Kier molecular flexibility index (Phi) is 6.10. The van der Waals surface area contributed by atoms with Crippen molar-refractivity contribution in [1.29, 1.82) is 0 Å². The van der Waals surface area contributed by atoms with E-state index in [4.69, 9.17) is 15.0 Å². The number of pyridine rings is 3. The van der Waals surface area contributed by atoms with Crippen LogP contribution >= 0.6 is 0 Å². The minimum Gasteiger partial charge on any atom is -0.369 e. The number of nitrogens with zero attached hydrogens (tertiary/aromatic N) is 8. The van der Waals surface area contributed by atoms with Gasteiger partial charge in [0.15, 0.2) is 0 Å². The maximum Gasteiger partial charge on any atom is 0.141 e. The highest BCUT2D eigenvalue weighted by atomic mass is 15.4. The Morgan fingerprint density at radius 1 is 0.919 bits per heavy atom. The van der Waals surface area contributed by atoms with Gasteiger partial charge in [-0.2, -0.15) is 0 Å². The van der Waals surface area contributed by atoms with E-state index in [9.17, 15) is 0 Å². The molecule has 0 N–H and O–H groups in total. The third-order valence-electron chi connectivity index (χ3n) is 7.07. The van der Waals surface area contributed by atoms with Gasteiger partial charge in [-0.05, 0) is 63.3 Å². The van der Waals surface area contributed by atoms with Crippen molar-refractivity contribution >= 4 is 16.7 Å². The molecule has 1 aromatic carbocycles. The van der Waals surface area contributed by atoms with Crippen molar-refractivity contribution in [3.05, 3.63) is 84.2 Å². The Bertz CT molecular complexity index is 1540. The van der Waals surface area contributed by atoms with Crippen LogP contribution in [0.25, 0.3) is 33.8 Å². The van der Waals surface area contributed by atoms with Crippen LogP contribution in [0.4, 0.5) is 5.69 Å². The Labute approximate surface area is 216 Å². The lowest BCUT2D eigenvalue weighted by Gasteiger charge is -2.21. The van der Waals surface area contributed by atoms with E-state index in [1.54, 1.807) is 0 Å². The summed E-state index contributed by atoms with van der Waals surface area (Å²) in [5.74, 6) is 0. The fraction of sp³-hybridized carbons (Fsp3) is 0.276. The lowest BCUT2D eigenvalue weighted by molar-refractivity contribution is 0.315. The van der Waals surface area contributed by atoms with E-state index < -0.39 is 0 Å². The zero-order valence-electron chi connectivity index (χ0n) is 21.4. The van der Waals surface area contributed by atoms with Crippen LogP contribution in [0.2, 0.25) is 0 Å². The van der Waals surface area contributed by atoms with Crippen molar-refractivity contribution in [2.45, 2.75) is 25.9 Å². The van der Waals surface area contributed by atoms with E-state index in [-0.39, 0.29) is 0 Å². The minimum atomic E-state index is 0.554. The Balaban J connectivity index is 1.43. The fourth-order valence-corrected chi connectivity index (χ4v) is 4.98. The predicted molar refractivity (Wildman–Crippen MR) is 146 cm³/mol. The van der Waals surface area contributed by atoms with Crippen molar-refractivity contribution in [1.82, 2.24) is 34.8 Å². The second-order valence-electron chi connectivity index (χ2n) is 9.87. The van der Waals surface area contributed by atoms with Crippen molar-refractivity contribution < 1.29 is 0 Å². The van der Waals surface area contributed by atoms with Gasteiger partial charge in [0.2, 0.25) is 0 Å². The number of fused-ring (bicyclic) bond motifs is 1. The third-order valence-corrected chi connectivity index (χ3v) is 7.07. The summed E-state index contributed by atoms with van der Waals surface area (Å²) < 4.78 is 1.92. The summed E-state index contributed by atoms with van der Waals surface area (Å²) in [5, 5.41) is 9.10. The van der Waals surface area contributed by atoms with Crippen LogP contribution in [-0.4, -0.2) is 68.1 Å². The van der Waals surface area contributed by atoms with E-state index in [2.05, 4.69) is 52.4 Å². The van der Waals surface area contributed by atoms with Gasteiger partial charge in [0.1, 0.15) is 11.4 Å². The van der Waals surface area contributed by atoms with Crippen molar-refractivity contribution in [2.75, 3.05) is 32.1 Å². The SMILES string of the molecule is Cc1cccc(-c2nnn(Cc3ccccc3)c2-c2ccc3ncc(N4CC[C@H](N(C)C)C4)cc3n2)n1. The molecule has 0 radical (unpaired) electrons. The van der Waals surface area contributed by atoms with E-state index in [0.29, 0.717) is 12.6 Å². The van der Waals surface area contributed by atoms with Crippen molar-refractivity contribution in [2.24, 2.45) is 0 Å². The molecule has 37 heavy (non-hydrogen) atoms. The minimum absolute atomic E-state index is 0.554. The topological polar surface area (TPSA) is 75.9 Å². The summed E-state index contributed by atoms with van der Waals surface area (Å²) in [6, 6.07) is 23.0. The summed E-state index contributed by atoms with van der Waals surface area (Å²) in [4.78, 5) is 19.2. The lowest BCUT2D eigenvalue weighted by Crippen LogP contribution is -2.31. The van der Waals surface area contributed by atoms with Crippen LogP contribution in [0.3, 0.4) is 0 Å². The summed E-state index contributed by atoms with van der Waals surface area (Å²) in [5.41, 5.74) is 8.08. The molecular weight excluding hydrogens is 460 g/mol. The summed E-state index contributed by atoms with van der Waals surface area (Å²) in [6.45, 7) is 4.59. The van der Waals surface area contributed by atoms with Gasteiger partial charge in [0, 0.05) is 24.8 Å². The van der Waals surface area contributed by atoms with E-state index in [1.807, 2.05) is 66.3 Å². The van der Waals surface area contributed by atoms with Gasteiger partial charge in [-0.25, -0.2) is 9.67 Å². The maximum atomic E-state index is 5.09. The van der Waals surface area contributed by atoms with Crippen LogP contribution in [0.15, 0.2) is 72.9 Å². The van der Waals surface area contributed by atoms with E-state index >= 15 is 0 Å². The number of aryl methyl sites for hydroxylation is 1. The first-order valence-electron chi connectivity index (χ1n) is 12.6. The van der Waals surface area contributed by atoms with Gasteiger partial charge in [0.25, 0.3) is 0 Å². The highest BCUT2D eigenvalue weighted by Crippen LogP contribution is 2.31. The molecule has 0 saturated carbocycles. The first-order chi connectivity index (χ1) is 18.0. The number of hydrogen-bond acceptors (Lipinski definition) is 7. The Morgan fingerprint density at radius 3 is 2.57 bits per heavy atom. The smallest absolute Gasteiger partial charge is 0.141 e. The molecule has 1 atom stereocenters. The number of aromatic nitrogens is 6. The largest absolute Gasteiger partial charge is 0.369 e. The van der Waals surface area contributed by atoms with E-state index in [0.717, 1.165) is 70.3 Å². The molecule has 186 valence electrons. The van der Waals surface area contributed by atoms with Crippen molar-refractivity contribution in [3.63, 3.8) is 0 Å². The standard InChI is InChI=1S/C29H30N8/c1-20-8-7-11-25(31-20)28-29(37(34-33-28)18-21-9-5-4-6-10-21)26-13-12-24-27(32-26)16-23(17-30-24)36-15-14-22(19-36)35(2)3/h4-13,16-17,22H,14-15,18-19H2,1-3H3/t22-/m0/s1. The molecule has 5 aromatic rings. The molecule has 0 bridgehead atoms. The average Bonchev–Trinajstić information content (AvgIpc) is 3.57. The molecule has 0 amide bonds. The number of likely N-dealkylation sites (N-methyl/N-ethyl adjacent to an activating group) is 1. The quantitative estimate of drug-likeness (QED) is 0.348. The van der Waals surface area contributed by atoms with Crippen LogP contribution in [-0.2, 0) is 6.54 Å². The number of benzene rings is 1. The van der Waals surface area contributed by atoms with Gasteiger partial charge in [-0.15, -0.1) is 5.10 Å². The highest BCUT2D eigenvalue weighted by molar-refractivity contribution is 5.83.